The van der Waals surface area contributed by atoms with Crippen LogP contribution < -0.4 is 4.57 Å². The van der Waals surface area contributed by atoms with Gasteiger partial charge in [-0.2, -0.15) is 4.57 Å². The summed E-state index contributed by atoms with van der Waals surface area (Å²) < 4.78 is 2.25. The van der Waals surface area contributed by atoms with Gasteiger partial charge in [0, 0.05) is 23.1 Å². The standard InChI is InChI=1S/C17H16N/c1-13-7-9-15(10-8-13)17-12-11-14-5-3-4-6-16(14)18(17)2/h3-12H,1-2H3/q+1. The number of aromatic nitrogens is 1. The van der Waals surface area contributed by atoms with Crippen LogP contribution >= 0.6 is 0 Å². The summed E-state index contributed by atoms with van der Waals surface area (Å²) in [4.78, 5) is 0. The fourth-order valence-corrected chi connectivity index (χ4v) is 2.36. The number of hydrogen-bond acceptors (Lipinski definition) is 0. The summed E-state index contributed by atoms with van der Waals surface area (Å²) in [5.74, 6) is 0. The van der Waals surface area contributed by atoms with Crippen molar-refractivity contribution in [1.82, 2.24) is 0 Å². The predicted molar refractivity (Wildman–Crippen MR) is 75.3 cm³/mol. The smallest absolute Gasteiger partial charge is 0.194 e. The fraction of sp³-hybridized carbons (Fsp3) is 0.118. The van der Waals surface area contributed by atoms with E-state index in [2.05, 4.69) is 79.2 Å². The van der Waals surface area contributed by atoms with Gasteiger partial charge in [0.2, 0.25) is 11.2 Å². The Morgan fingerprint density at radius 3 is 2.28 bits per heavy atom. The molecule has 3 aromatic rings. The van der Waals surface area contributed by atoms with E-state index in [1.807, 2.05) is 0 Å². The van der Waals surface area contributed by atoms with E-state index in [4.69, 9.17) is 0 Å². The lowest BCUT2D eigenvalue weighted by Crippen LogP contribution is -2.31. The third-order valence-corrected chi connectivity index (χ3v) is 3.43. The lowest BCUT2D eigenvalue weighted by atomic mass is 10.1. The van der Waals surface area contributed by atoms with Gasteiger partial charge in [-0.1, -0.05) is 29.8 Å². The Labute approximate surface area is 107 Å². The molecule has 0 spiro atoms. The average molecular weight is 234 g/mol. The lowest BCUT2D eigenvalue weighted by molar-refractivity contribution is -0.633. The molecule has 0 amide bonds. The number of pyridine rings is 1. The van der Waals surface area contributed by atoms with Gasteiger partial charge in [-0.15, -0.1) is 0 Å². The molecule has 0 aliphatic rings. The molecule has 0 N–H and O–H groups in total. The number of para-hydroxylation sites is 1. The minimum absolute atomic E-state index is 1.24. The summed E-state index contributed by atoms with van der Waals surface area (Å²) in [5.41, 5.74) is 5.06. The second-order valence-corrected chi connectivity index (χ2v) is 4.70. The van der Waals surface area contributed by atoms with Crippen LogP contribution in [0.3, 0.4) is 0 Å². The van der Waals surface area contributed by atoms with Crippen LogP contribution in [0.5, 0.6) is 0 Å². The van der Waals surface area contributed by atoms with Crippen molar-refractivity contribution >= 4 is 10.9 Å². The highest BCUT2D eigenvalue weighted by Gasteiger charge is 2.12. The van der Waals surface area contributed by atoms with Crippen LogP contribution in [0.4, 0.5) is 0 Å². The maximum atomic E-state index is 2.25. The Bertz CT molecular complexity index is 696. The molecule has 0 atom stereocenters. The SMILES string of the molecule is Cc1ccc(-c2ccc3ccccc3[n+]2C)cc1. The topological polar surface area (TPSA) is 3.88 Å². The summed E-state index contributed by atoms with van der Waals surface area (Å²) in [6, 6.07) is 21.5. The molecule has 18 heavy (non-hydrogen) atoms. The normalized spacial score (nSPS) is 10.8. The molecular formula is C17H16N+. The van der Waals surface area contributed by atoms with Crippen molar-refractivity contribution in [2.24, 2.45) is 7.05 Å². The molecule has 3 rings (SSSR count). The van der Waals surface area contributed by atoms with E-state index in [-0.39, 0.29) is 0 Å². The van der Waals surface area contributed by atoms with E-state index in [0.717, 1.165) is 0 Å². The summed E-state index contributed by atoms with van der Waals surface area (Å²) >= 11 is 0. The molecule has 88 valence electrons. The van der Waals surface area contributed by atoms with Gasteiger partial charge in [-0.05, 0) is 31.2 Å². The molecule has 0 radical (unpaired) electrons. The molecule has 1 aromatic heterocycles. The first-order chi connectivity index (χ1) is 8.75. The number of benzene rings is 2. The second kappa shape index (κ2) is 4.26. The molecule has 0 aliphatic heterocycles. The molecule has 0 saturated carbocycles. The molecule has 1 nitrogen and oxygen atoms in total. The molecule has 1 heteroatoms. The van der Waals surface area contributed by atoms with E-state index < -0.39 is 0 Å². The summed E-state index contributed by atoms with van der Waals surface area (Å²) in [7, 11) is 2.12. The molecule has 0 aliphatic carbocycles. The van der Waals surface area contributed by atoms with Crippen molar-refractivity contribution in [3.8, 4) is 11.3 Å². The van der Waals surface area contributed by atoms with Crippen LogP contribution in [-0.4, -0.2) is 0 Å². The van der Waals surface area contributed by atoms with Gasteiger partial charge in [-0.3, -0.25) is 0 Å². The average Bonchev–Trinajstić information content (AvgIpc) is 2.41. The van der Waals surface area contributed by atoms with Gasteiger partial charge < -0.3 is 0 Å². The number of nitrogens with zero attached hydrogens (tertiary/aromatic N) is 1. The second-order valence-electron chi connectivity index (χ2n) is 4.70. The van der Waals surface area contributed by atoms with Crippen molar-refractivity contribution < 1.29 is 4.57 Å². The first-order valence-corrected chi connectivity index (χ1v) is 6.20. The lowest BCUT2D eigenvalue weighted by Gasteiger charge is -2.03. The highest BCUT2D eigenvalue weighted by molar-refractivity contribution is 5.77. The van der Waals surface area contributed by atoms with Crippen LogP contribution in [0, 0.1) is 6.92 Å². The van der Waals surface area contributed by atoms with E-state index >= 15 is 0 Å². The zero-order valence-electron chi connectivity index (χ0n) is 10.7. The minimum Gasteiger partial charge on any atom is -0.194 e. The van der Waals surface area contributed by atoms with Gasteiger partial charge in [0.25, 0.3) is 0 Å². The number of fused-ring (bicyclic) bond motifs is 1. The van der Waals surface area contributed by atoms with Crippen molar-refractivity contribution in [3.05, 3.63) is 66.2 Å². The van der Waals surface area contributed by atoms with Crippen molar-refractivity contribution in [3.63, 3.8) is 0 Å². The van der Waals surface area contributed by atoms with Gasteiger partial charge in [0.1, 0.15) is 7.05 Å². The zero-order valence-corrected chi connectivity index (χ0v) is 10.7. The Kier molecular flexibility index (Phi) is 2.60. The maximum Gasteiger partial charge on any atom is 0.212 e. The summed E-state index contributed by atoms with van der Waals surface area (Å²) in [6.07, 6.45) is 0. The van der Waals surface area contributed by atoms with Gasteiger partial charge in [-0.25, -0.2) is 0 Å². The first kappa shape index (κ1) is 11.0. The van der Waals surface area contributed by atoms with Crippen molar-refractivity contribution in [2.75, 3.05) is 0 Å². The van der Waals surface area contributed by atoms with E-state index in [1.165, 1.54) is 27.7 Å². The Hall–Kier alpha value is -2.15. The molecule has 0 saturated heterocycles. The number of rotatable bonds is 1. The Balaban J connectivity index is 2.24. The monoisotopic (exact) mass is 234 g/mol. The van der Waals surface area contributed by atoms with E-state index in [9.17, 15) is 0 Å². The van der Waals surface area contributed by atoms with Crippen LogP contribution in [0.2, 0.25) is 0 Å². The van der Waals surface area contributed by atoms with Crippen molar-refractivity contribution in [2.45, 2.75) is 6.92 Å². The van der Waals surface area contributed by atoms with E-state index in [0.29, 0.717) is 0 Å². The molecule has 0 bridgehead atoms. The van der Waals surface area contributed by atoms with Crippen LogP contribution in [-0.2, 0) is 7.05 Å². The fourth-order valence-electron chi connectivity index (χ4n) is 2.36. The maximum absolute atomic E-state index is 2.25. The van der Waals surface area contributed by atoms with Crippen molar-refractivity contribution in [1.29, 1.82) is 0 Å². The predicted octanol–water partition coefficient (Wildman–Crippen LogP) is 3.64. The minimum atomic E-state index is 1.24. The molecule has 1 heterocycles. The third kappa shape index (κ3) is 1.78. The molecule has 0 fully saturated rings. The van der Waals surface area contributed by atoms with Crippen LogP contribution in [0.1, 0.15) is 5.56 Å². The van der Waals surface area contributed by atoms with E-state index in [1.54, 1.807) is 0 Å². The van der Waals surface area contributed by atoms with Crippen LogP contribution in [0.15, 0.2) is 60.7 Å². The quantitative estimate of drug-likeness (QED) is 0.566. The highest BCUT2D eigenvalue weighted by Crippen LogP contribution is 2.19. The summed E-state index contributed by atoms with van der Waals surface area (Å²) in [6.45, 7) is 2.12. The molecule has 0 unspecified atom stereocenters. The first-order valence-electron chi connectivity index (χ1n) is 6.20. The molecule has 2 aromatic carbocycles. The largest absolute Gasteiger partial charge is 0.212 e. The van der Waals surface area contributed by atoms with Gasteiger partial charge in [0.05, 0.1) is 0 Å². The Morgan fingerprint density at radius 2 is 1.50 bits per heavy atom. The number of hydrogen-bond donors (Lipinski definition) is 0. The van der Waals surface area contributed by atoms with Gasteiger partial charge >= 0.3 is 0 Å². The Morgan fingerprint density at radius 1 is 0.778 bits per heavy atom. The highest BCUT2D eigenvalue weighted by atomic mass is 14.9. The zero-order chi connectivity index (χ0) is 12.5. The summed E-state index contributed by atoms with van der Waals surface area (Å²) in [5, 5.41) is 1.27. The molecular weight excluding hydrogens is 218 g/mol. The van der Waals surface area contributed by atoms with Crippen LogP contribution in [0.25, 0.3) is 22.2 Å². The third-order valence-electron chi connectivity index (χ3n) is 3.43. The number of aryl methyl sites for hydroxylation is 2. The van der Waals surface area contributed by atoms with Gasteiger partial charge in [0.15, 0.2) is 0 Å².